The van der Waals surface area contributed by atoms with Crippen LogP contribution in [0.5, 0.6) is 0 Å². The van der Waals surface area contributed by atoms with Gasteiger partial charge in [0.1, 0.15) is 12.4 Å². The second-order valence-electron chi connectivity index (χ2n) is 6.00. The van der Waals surface area contributed by atoms with Crippen molar-refractivity contribution in [2.45, 2.75) is 33.7 Å². The number of carboxylic acids is 1. The molecule has 0 atom stereocenters. The van der Waals surface area contributed by atoms with Gasteiger partial charge in [-0.3, -0.25) is 4.79 Å². The van der Waals surface area contributed by atoms with E-state index in [2.05, 4.69) is 4.98 Å². The Morgan fingerprint density at radius 3 is 2.45 bits per heavy atom. The summed E-state index contributed by atoms with van der Waals surface area (Å²) in [7, 11) is 0. The van der Waals surface area contributed by atoms with Crippen LogP contribution in [0.2, 0.25) is 0 Å². The molecule has 0 radical (unpaired) electrons. The molecule has 0 aliphatic heterocycles. The molecule has 6 heteroatoms. The number of hydrogen-bond acceptors (Lipinski definition) is 2. The van der Waals surface area contributed by atoms with E-state index in [1.54, 1.807) is 0 Å². The van der Waals surface area contributed by atoms with Crippen molar-refractivity contribution in [1.29, 1.82) is 0 Å². The van der Waals surface area contributed by atoms with Crippen molar-refractivity contribution in [2.24, 2.45) is 5.41 Å². The van der Waals surface area contributed by atoms with Gasteiger partial charge in [0.2, 0.25) is 0 Å². The van der Waals surface area contributed by atoms with E-state index >= 15 is 0 Å². The SMILES string of the molecule is CC(C)(C)Cc1nc2cc(F)c(F)cc2n1CC(=O)O. The minimum absolute atomic E-state index is 0.116. The molecule has 0 aliphatic rings. The van der Waals surface area contributed by atoms with Gasteiger partial charge in [-0.15, -0.1) is 0 Å². The molecule has 2 aromatic rings. The highest BCUT2D eigenvalue weighted by atomic mass is 19.2. The summed E-state index contributed by atoms with van der Waals surface area (Å²) in [4.78, 5) is 15.2. The smallest absolute Gasteiger partial charge is 0.323 e. The highest BCUT2D eigenvalue weighted by Crippen LogP contribution is 2.25. The van der Waals surface area contributed by atoms with Crippen molar-refractivity contribution in [3.63, 3.8) is 0 Å². The molecule has 0 saturated heterocycles. The summed E-state index contributed by atoms with van der Waals surface area (Å²) in [6.07, 6.45) is 0.512. The number of benzene rings is 1. The maximum absolute atomic E-state index is 13.3. The van der Waals surface area contributed by atoms with E-state index in [-0.39, 0.29) is 17.5 Å². The summed E-state index contributed by atoms with van der Waals surface area (Å²) in [5.74, 6) is -2.53. The predicted molar refractivity (Wildman–Crippen MR) is 70.4 cm³/mol. The fourth-order valence-electron chi connectivity index (χ4n) is 2.09. The standard InChI is InChI=1S/C14H16F2N2O2/c1-14(2,3)6-12-17-10-4-8(15)9(16)5-11(10)18(12)7-13(19)20/h4-5H,6-7H2,1-3H3,(H,19,20). The molecule has 108 valence electrons. The minimum atomic E-state index is -1.05. The van der Waals surface area contributed by atoms with Crippen LogP contribution in [0.1, 0.15) is 26.6 Å². The Morgan fingerprint density at radius 1 is 1.30 bits per heavy atom. The van der Waals surface area contributed by atoms with Crippen LogP contribution in [0, 0.1) is 17.0 Å². The molecule has 2 rings (SSSR count). The van der Waals surface area contributed by atoms with Gasteiger partial charge in [0.05, 0.1) is 11.0 Å². The molecule has 20 heavy (non-hydrogen) atoms. The maximum Gasteiger partial charge on any atom is 0.323 e. The van der Waals surface area contributed by atoms with Gasteiger partial charge in [-0.25, -0.2) is 13.8 Å². The Labute approximate surface area is 115 Å². The molecule has 4 nitrogen and oxygen atoms in total. The van der Waals surface area contributed by atoms with E-state index < -0.39 is 17.6 Å². The lowest BCUT2D eigenvalue weighted by molar-refractivity contribution is -0.137. The first kappa shape index (κ1) is 14.4. The molecule has 1 aromatic carbocycles. The summed E-state index contributed by atoms with van der Waals surface area (Å²) >= 11 is 0. The second-order valence-corrected chi connectivity index (χ2v) is 6.00. The highest BCUT2D eigenvalue weighted by Gasteiger charge is 2.20. The van der Waals surface area contributed by atoms with Gasteiger partial charge in [-0.1, -0.05) is 20.8 Å². The summed E-state index contributed by atoms with van der Waals surface area (Å²) in [5.41, 5.74) is 0.448. The zero-order chi connectivity index (χ0) is 15.1. The molecule has 0 bridgehead atoms. The van der Waals surface area contributed by atoms with Crippen LogP contribution in [0.4, 0.5) is 8.78 Å². The normalized spacial score (nSPS) is 12.1. The number of halogens is 2. The average Bonchev–Trinajstić information content (AvgIpc) is 2.55. The molecule has 0 aliphatic carbocycles. The van der Waals surface area contributed by atoms with E-state index in [4.69, 9.17) is 5.11 Å². The second kappa shape index (κ2) is 4.85. The van der Waals surface area contributed by atoms with E-state index in [1.165, 1.54) is 4.57 Å². The Bertz CT molecular complexity index is 672. The third-order valence-electron chi connectivity index (χ3n) is 2.85. The first-order valence-electron chi connectivity index (χ1n) is 6.23. The zero-order valence-corrected chi connectivity index (χ0v) is 11.6. The van der Waals surface area contributed by atoms with E-state index in [1.807, 2.05) is 20.8 Å². The number of imidazole rings is 1. The van der Waals surface area contributed by atoms with E-state index in [0.29, 0.717) is 17.8 Å². The number of carbonyl (C=O) groups is 1. The molecule has 1 heterocycles. The molecule has 0 fully saturated rings. The first-order chi connectivity index (χ1) is 9.17. The number of hydrogen-bond donors (Lipinski definition) is 1. The first-order valence-corrected chi connectivity index (χ1v) is 6.23. The van der Waals surface area contributed by atoms with Crippen molar-refractivity contribution in [2.75, 3.05) is 0 Å². The van der Waals surface area contributed by atoms with Crippen molar-refractivity contribution in [1.82, 2.24) is 9.55 Å². The largest absolute Gasteiger partial charge is 0.480 e. The summed E-state index contributed by atoms with van der Waals surface area (Å²) < 4.78 is 28.0. The van der Waals surface area contributed by atoms with Gasteiger partial charge in [0.15, 0.2) is 11.6 Å². The molecule has 1 N–H and O–H groups in total. The molecule has 0 saturated carbocycles. The van der Waals surface area contributed by atoms with Crippen LogP contribution in [0.15, 0.2) is 12.1 Å². The Hall–Kier alpha value is -1.98. The molecular formula is C14H16F2N2O2. The third-order valence-corrected chi connectivity index (χ3v) is 2.85. The van der Waals surface area contributed by atoms with Crippen molar-refractivity contribution >= 4 is 17.0 Å². The number of fused-ring (bicyclic) bond motifs is 1. The van der Waals surface area contributed by atoms with Crippen LogP contribution in [0.3, 0.4) is 0 Å². The lowest BCUT2D eigenvalue weighted by Crippen LogP contribution is -2.17. The minimum Gasteiger partial charge on any atom is -0.480 e. The predicted octanol–water partition coefficient (Wildman–Crippen LogP) is 2.99. The van der Waals surface area contributed by atoms with E-state index in [9.17, 15) is 13.6 Å². The Kier molecular flexibility index (Phi) is 3.50. The topological polar surface area (TPSA) is 55.1 Å². The fraction of sp³-hybridized carbons (Fsp3) is 0.429. The number of aromatic nitrogens is 2. The Balaban J connectivity index is 2.63. The lowest BCUT2D eigenvalue weighted by atomic mass is 9.92. The number of rotatable bonds is 3. The third kappa shape index (κ3) is 2.95. The highest BCUT2D eigenvalue weighted by molar-refractivity contribution is 5.78. The lowest BCUT2D eigenvalue weighted by Gasteiger charge is -2.18. The van der Waals surface area contributed by atoms with Crippen LogP contribution >= 0.6 is 0 Å². The van der Waals surface area contributed by atoms with Crippen LogP contribution in [-0.2, 0) is 17.8 Å². The van der Waals surface area contributed by atoms with Gasteiger partial charge in [0, 0.05) is 18.6 Å². The molecule has 0 spiro atoms. The average molecular weight is 282 g/mol. The maximum atomic E-state index is 13.3. The monoisotopic (exact) mass is 282 g/mol. The van der Waals surface area contributed by atoms with Gasteiger partial charge in [-0.05, 0) is 5.41 Å². The van der Waals surface area contributed by atoms with Crippen LogP contribution in [-0.4, -0.2) is 20.6 Å². The van der Waals surface area contributed by atoms with Crippen LogP contribution in [0.25, 0.3) is 11.0 Å². The van der Waals surface area contributed by atoms with E-state index in [0.717, 1.165) is 12.1 Å². The molecule has 0 amide bonds. The van der Waals surface area contributed by atoms with Crippen molar-refractivity contribution < 1.29 is 18.7 Å². The quantitative estimate of drug-likeness (QED) is 0.941. The zero-order valence-electron chi connectivity index (χ0n) is 11.6. The summed E-state index contributed by atoms with van der Waals surface area (Å²) in [6.45, 7) is 5.63. The Morgan fingerprint density at radius 2 is 1.90 bits per heavy atom. The number of aliphatic carboxylic acids is 1. The van der Waals surface area contributed by atoms with Gasteiger partial charge >= 0.3 is 5.97 Å². The number of carboxylic acid groups (broad SMARTS) is 1. The van der Waals surface area contributed by atoms with Crippen LogP contribution < -0.4 is 0 Å². The molecular weight excluding hydrogens is 266 g/mol. The summed E-state index contributed by atoms with van der Waals surface area (Å²) in [5, 5.41) is 8.97. The van der Waals surface area contributed by atoms with Gasteiger partial charge < -0.3 is 9.67 Å². The summed E-state index contributed by atoms with van der Waals surface area (Å²) in [6, 6.07) is 1.99. The molecule has 1 aromatic heterocycles. The van der Waals surface area contributed by atoms with Gasteiger partial charge in [0.25, 0.3) is 0 Å². The van der Waals surface area contributed by atoms with Crippen molar-refractivity contribution in [3.8, 4) is 0 Å². The fourth-order valence-corrected chi connectivity index (χ4v) is 2.09. The molecule has 0 unspecified atom stereocenters. The van der Waals surface area contributed by atoms with Gasteiger partial charge in [-0.2, -0.15) is 0 Å². The van der Waals surface area contributed by atoms with Crippen molar-refractivity contribution in [3.05, 3.63) is 29.6 Å². The number of nitrogens with zero attached hydrogens (tertiary/aromatic N) is 2.